The molecule has 23 heavy (non-hydrogen) atoms. The van der Waals surface area contributed by atoms with Gasteiger partial charge in [-0.05, 0) is 5.56 Å². The van der Waals surface area contributed by atoms with Crippen molar-refractivity contribution in [3.05, 3.63) is 71.8 Å². The van der Waals surface area contributed by atoms with Gasteiger partial charge in [-0.3, -0.25) is 9.59 Å². The fraction of sp³-hybridized carbons (Fsp3) is 0.222. The second kappa shape index (κ2) is 8.22. The number of amides is 1. The first-order valence-electron chi connectivity index (χ1n) is 7.41. The van der Waals surface area contributed by atoms with Gasteiger partial charge < -0.3 is 16.2 Å². The van der Waals surface area contributed by atoms with Crippen LogP contribution in [0, 0.1) is 0 Å². The quantitative estimate of drug-likeness (QED) is 0.643. The molecule has 0 fully saturated rings. The highest BCUT2D eigenvalue weighted by atomic mass is 16.3. The Morgan fingerprint density at radius 1 is 1.00 bits per heavy atom. The molecular weight excluding hydrogens is 292 g/mol. The zero-order valence-electron chi connectivity index (χ0n) is 12.7. The molecule has 0 aliphatic rings. The Labute approximate surface area is 135 Å². The van der Waals surface area contributed by atoms with Crippen LogP contribution in [0.15, 0.2) is 60.7 Å². The van der Waals surface area contributed by atoms with Crippen molar-refractivity contribution in [3.63, 3.8) is 0 Å². The number of hydrogen-bond donors (Lipinski definition) is 3. The number of carbonyl (C=O) groups excluding carboxylic acids is 2. The molecule has 0 aliphatic heterocycles. The first-order chi connectivity index (χ1) is 11.1. The maximum Gasteiger partial charge on any atom is 0.219 e. The summed E-state index contributed by atoms with van der Waals surface area (Å²) in [6.07, 6.45) is -0.981. The summed E-state index contributed by atoms with van der Waals surface area (Å²) in [5.74, 6) is -0.648. The lowest BCUT2D eigenvalue weighted by atomic mass is 9.99. The Hall–Kier alpha value is -2.50. The van der Waals surface area contributed by atoms with Crippen LogP contribution in [-0.2, 0) is 4.79 Å². The molecule has 2 aromatic rings. The van der Waals surface area contributed by atoms with Crippen LogP contribution < -0.4 is 11.1 Å². The maximum absolute atomic E-state index is 12.1. The topological polar surface area (TPSA) is 92.4 Å². The molecule has 2 rings (SSSR count). The van der Waals surface area contributed by atoms with Gasteiger partial charge in [-0.1, -0.05) is 60.7 Å². The van der Waals surface area contributed by atoms with E-state index in [0.717, 1.165) is 0 Å². The van der Waals surface area contributed by atoms with E-state index in [1.165, 1.54) is 0 Å². The van der Waals surface area contributed by atoms with E-state index < -0.39 is 18.1 Å². The summed E-state index contributed by atoms with van der Waals surface area (Å²) < 4.78 is 0. The average Bonchev–Trinajstić information content (AvgIpc) is 2.59. The van der Waals surface area contributed by atoms with Gasteiger partial charge in [0.1, 0.15) is 0 Å². The van der Waals surface area contributed by atoms with Crippen LogP contribution in [0.5, 0.6) is 0 Å². The van der Waals surface area contributed by atoms with Gasteiger partial charge in [-0.2, -0.15) is 0 Å². The van der Waals surface area contributed by atoms with Gasteiger partial charge in [-0.25, -0.2) is 0 Å². The lowest BCUT2D eigenvalue weighted by Crippen LogP contribution is -2.41. The molecule has 4 N–H and O–H groups in total. The van der Waals surface area contributed by atoms with Crippen molar-refractivity contribution in [1.82, 2.24) is 5.32 Å². The van der Waals surface area contributed by atoms with Crippen LogP contribution in [0.2, 0.25) is 0 Å². The molecule has 5 heteroatoms. The predicted molar refractivity (Wildman–Crippen MR) is 87.8 cm³/mol. The van der Waals surface area contributed by atoms with E-state index >= 15 is 0 Å². The lowest BCUT2D eigenvalue weighted by molar-refractivity contribution is -0.119. The van der Waals surface area contributed by atoms with E-state index in [1.54, 1.807) is 48.5 Å². The molecule has 0 saturated heterocycles. The van der Waals surface area contributed by atoms with Gasteiger partial charge in [0.05, 0.1) is 12.6 Å². The van der Waals surface area contributed by atoms with E-state index in [0.29, 0.717) is 11.1 Å². The number of benzene rings is 2. The van der Waals surface area contributed by atoms with Crippen LogP contribution in [0.25, 0.3) is 0 Å². The molecule has 1 amide bonds. The molecule has 120 valence electrons. The van der Waals surface area contributed by atoms with Gasteiger partial charge in [0.15, 0.2) is 5.78 Å². The Bertz CT molecular complexity index is 644. The number of nitrogens with two attached hydrogens (primary N) is 1. The lowest BCUT2D eigenvalue weighted by Gasteiger charge is -2.23. The van der Waals surface area contributed by atoms with E-state index in [4.69, 9.17) is 5.73 Å². The first-order valence-corrected chi connectivity index (χ1v) is 7.41. The average molecular weight is 312 g/mol. The highest BCUT2D eigenvalue weighted by Gasteiger charge is 2.23. The zero-order valence-corrected chi connectivity index (χ0v) is 12.7. The van der Waals surface area contributed by atoms with Gasteiger partial charge >= 0.3 is 0 Å². The molecule has 2 atom stereocenters. The summed E-state index contributed by atoms with van der Waals surface area (Å²) in [5.41, 5.74) is 6.49. The van der Waals surface area contributed by atoms with Crippen molar-refractivity contribution in [3.8, 4) is 0 Å². The normalized spacial score (nSPS) is 13.3. The molecule has 5 nitrogen and oxygen atoms in total. The molecule has 0 aromatic heterocycles. The molecule has 0 bridgehead atoms. The number of carbonyl (C=O) groups is 2. The van der Waals surface area contributed by atoms with Gasteiger partial charge in [0.2, 0.25) is 5.91 Å². The summed E-state index contributed by atoms with van der Waals surface area (Å²) >= 11 is 0. The number of hydrogen-bond acceptors (Lipinski definition) is 4. The monoisotopic (exact) mass is 312 g/mol. The highest BCUT2D eigenvalue weighted by Crippen LogP contribution is 2.18. The van der Waals surface area contributed by atoms with Gasteiger partial charge in [-0.15, -0.1) is 0 Å². The third kappa shape index (κ3) is 5.02. The number of Topliss-reactive ketones (excluding diaryl/α,β-unsaturated/α-hetero) is 1. The number of rotatable bonds is 8. The summed E-state index contributed by atoms with van der Waals surface area (Å²) in [4.78, 5) is 23.4. The second-order valence-corrected chi connectivity index (χ2v) is 5.30. The van der Waals surface area contributed by atoms with Gasteiger partial charge in [0.25, 0.3) is 0 Å². The predicted octanol–water partition coefficient (Wildman–Crippen LogP) is 1.44. The second-order valence-electron chi connectivity index (χ2n) is 5.30. The van der Waals surface area contributed by atoms with Crippen LogP contribution >= 0.6 is 0 Å². The van der Waals surface area contributed by atoms with Crippen LogP contribution in [-0.4, -0.2) is 29.4 Å². The van der Waals surface area contributed by atoms with E-state index in [2.05, 4.69) is 5.32 Å². The Morgan fingerprint density at radius 3 is 2.13 bits per heavy atom. The minimum atomic E-state index is -0.924. The number of aliphatic hydroxyl groups is 1. The summed E-state index contributed by atoms with van der Waals surface area (Å²) in [7, 11) is 0. The molecule has 0 spiro atoms. The van der Waals surface area contributed by atoms with Crippen molar-refractivity contribution in [2.24, 2.45) is 5.73 Å². The zero-order chi connectivity index (χ0) is 16.7. The first kappa shape index (κ1) is 16.9. The summed E-state index contributed by atoms with van der Waals surface area (Å²) in [6, 6.07) is 17.2. The Balaban J connectivity index is 2.04. The van der Waals surface area contributed by atoms with Crippen LogP contribution in [0.1, 0.15) is 28.4 Å². The third-order valence-electron chi connectivity index (χ3n) is 3.56. The fourth-order valence-electron chi connectivity index (χ4n) is 2.34. The number of primary amides is 1. The van der Waals surface area contributed by atoms with E-state index in [9.17, 15) is 14.7 Å². The largest absolute Gasteiger partial charge is 0.387 e. The smallest absolute Gasteiger partial charge is 0.219 e. The fourth-order valence-corrected chi connectivity index (χ4v) is 2.34. The summed E-state index contributed by atoms with van der Waals surface area (Å²) in [6.45, 7) is 0.0197. The molecular formula is C18H20N2O3. The molecule has 0 heterocycles. The van der Waals surface area contributed by atoms with Crippen molar-refractivity contribution in [2.45, 2.75) is 18.6 Å². The summed E-state index contributed by atoms with van der Waals surface area (Å²) in [5, 5.41) is 13.4. The van der Waals surface area contributed by atoms with Gasteiger partial charge in [0, 0.05) is 18.0 Å². The van der Waals surface area contributed by atoms with Crippen LogP contribution in [0.3, 0.4) is 0 Å². The molecule has 0 saturated carbocycles. The highest BCUT2D eigenvalue weighted by molar-refractivity contribution is 5.97. The third-order valence-corrected chi connectivity index (χ3v) is 3.56. The number of ketones is 1. The molecule has 2 aromatic carbocycles. The SMILES string of the molecule is NC(=O)C[C@@H](NCC(=O)c1ccccc1)[C@@H](O)c1ccccc1. The van der Waals surface area contributed by atoms with Crippen LogP contribution in [0.4, 0.5) is 0 Å². The van der Waals surface area contributed by atoms with Crippen molar-refractivity contribution >= 4 is 11.7 Å². The molecule has 0 aliphatic carbocycles. The van der Waals surface area contributed by atoms with Crippen molar-refractivity contribution < 1.29 is 14.7 Å². The maximum atomic E-state index is 12.1. The van der Waals surface area contributed by atoms with E-state index in [1.807, 2.05) is 12.1 Å². The molecule has 0 radical (unpaired) electrons. The Morgan fingerprint density at radius 2 is 1.57 bits per heavy atom. The van der Waals surface area contributed by atoms with Crippen molar-refractivity contribution in [1.29, 1.82) is 0 Å². The Kier molecular flexibility index (Phi) is 6.02. The molecule has 0 unspecified atom stereocenters. The minimum Gasteiger partial charge on any atom is -0.387 e. The minimum absolute atomic E-state index is 0.0197. The number of nitrogens with one attached hydrogen (secondary N) is 1. The van der Waals surface area contributed by atoms with Crippen molar-refractivity contribution in [2.75, 3.05) is 6.54 Å². The van der Waals surface area contributed by atoms with E-state index in [-0.39, 0.29) is 18.7 Å². The standard InChI is InChI=1S/C18H20N2O3/c19-17(22)11-15(18(23)14-9-5-2-6-10-14)20-12-16(21)13-7-3-1-4-8-13/h1-10,15,18,20,23H,11-12H2,(H2,19,22)/t15-,18+/m1/s1. The number of aliphatic hydroxyl groups excluding tert-OH is 1.